The first-order chi connectivity index (χ1) is 8.58. The molecule has 7 heteroatoms. The van der Waals surface area contributed by atoms with Crippen LogP contribution in [0.5, 0.6) is 11.8 Å². The van der Waals surface area contributed by atoms with E-state index in [1.54, 1.807) is 17.2 Å². The predicted molar refractivity (Wildman–Crippen MR) is 68.4 cm³/mol. The van der Waals surface area contributed by atoms with Crippen LogP contribution in [0.1, 0.15) is 0 Å². The number of aromatic nitrogens is 2. The van der Waals surface area contributed by atoms with Gasteiger partial charge in [0.05, 0.1) is 20.3 Å². The van der Waals surface area contributed by atoms with Crippen LogP contribution in [0.3, 0.4) is 0 Å². The fraction of sp³-hybridized carbons (Fsp3) is 0.364. The topological polar surface area (TPSA) is 71.3 Å². The number of rotatable bonds is 5. The first-order valence-corrected chi connectivity index (χ1v) is 5.84. The standard InChI is InChI=1S/C11H14N4O2S/c1-15(2)7-8(6-12)18-11-13-9(16-3)5-10(14-11)17-4/h5,7H,1-4H3/b8-7+. The van der Waals surface area contributed by atoms with Crippen LogP contribution in [0, 0.1) is 11.3 Å². The Morgan fingerprint density at radius 1 is 1.33 bits per heavy atom. The zero-order valence-corrected chi connectivity index (χ0v) is 11.5. The Hall–Kier alpha value is -1.94. The fourth-order valence-corrected chi connectivity index (χ4v) is 1.83. The lowest BCUT2D eigenvalue weighted by atomic mass is 10.6. The maximum atomic E-state index is 9.01. The molecule has 0 radical (unpaired) electrons. The van der Waals surface area contributed by atoms with E-state index in [4.69, 9.17) is 14.7 Å². The minimum atomic E-state index is 0.395. The molecule has 0 N–H and O–H groups in total. The first kappa shape index (κ1) is 14.1. The summed E-state index contributed by atoms with van der Waals surface area (Å²) in [5.41, 5.74) is 0. The van der Waals surface area contributed by atoms with E-state index in [9.17, 15) is 0 Å². The molecule has 0 amide bonds. The van der Waals surface area contributed by atoms with Crippen molar-refractivity contribution in [2.24, 2.45) is 0 Å². The number of hydrogen-bond donors (Lipinski definition) is 0. The zero-order valence-electron chi connectivity index (χ0n) is 10.7. The lowest BCUT2D eigenvalue weighted by molar-refractivity contribution is 0.364. The summed E-state index contributed by atoms with van der Waals surface area (Å²) in [6.45, 7) is 0. The summed E-state index contributed by atoms with van der Waals surface area (Å²) in [7, 11) is 6.70. The summed E-state index contributed by atoms with van der Waals surface area (Å²) >= 11 is 1.15. The van der Waals surface area contributed by atoms with Crippen LogP contribution in [0.25, 0.3) is 0 Å². The average molecular weight is 266 g/mol. The van der Waals surface area contributed by atoms with Crippen molar-refractivity contribution in [2.45, 2.75) is 5.16 Å². The first-order valence-electron chi connectivity index (χ1n) is 5.02. The summed E-state index contributed by atoms with van der Waals surface area (Å²) in [6.07, 6.45) is 1.69. The Morgan fingerprint density at radius 2 is 1.89 bits per heavy atom. The smallest absolute Gasteiger partial charge is 0.220 e. The highest BCUT2D eigenvalue weighted by atomic mass is 32.2. The lowest BCUT2D eigenvalue weighted by Gasteiger charge is -2.07. The summed E-state index contributed by atoms with van der Waals surface area (Å²) in [5, 5.41) is 9.41. The van der Waals surface area contributed by atoms with Gasteiger partial charge in [0.2, 0.25) is 11.8 Å². The highest BCUT2D eigenvalue weighted by Gasteiger charge is 2.08. The van der Waals surface area contributed by atoms with Gasteiger partial charge in [-0.15, -0.1) is 0 Å². The molecule has 0 atom stereocenters. The van der Waals surface area contributed by atoms with Crippen molar-refractivity contribution in [3.63, 3.8) is 0 Å². The molecule has 1 aromatic heterocycles. The van der Waals surface area contributed by atoms with Crippen LogP contribution in [0.4, 0.5) is 0 Å². The second-order valence-electron chi connectivity index (χ2n) is 3.41. The molecule has 0 bridgehead atoms. The van der Waals surface area contributed by atoms with Gasteiger partial charge in [-0.05, 0) is 11.8 Å². The molecular weight excluding hydrogens is 252 g/mol. The van der Waals surface area contributed by atoms with E-state index in [1.165, 1.54) is 14.2 Å². The quantitative estimate of drug-likeness (QED) is 0.454. The summed E-state index contributed by atoms with van der Waals surface area (Å²) in [6, 6.07) is 3.65. The monoisotopic (exact) mass is 266 g/mol. The number of nitriles is 1. The van der Waals surface area contributed by atoms with Crippen molar-refractivity contribution in [2.75, 3.05) is 28.3 Å². The summed E-state index contributed by atoms with van der Waals surface area (Å²) < 4.78 is 10.1. The third-order valence-corrected chi connectivity index (χ3v) is 2.55. The van der Waals surface area contributed by atoms with Gasteiger partial charge < -0.3 is 14.4 Å². The SMILES string of the molecule is COc1cc(OC)nc(S/C(C#N)=C/N(C)C)n1. The van der Waals surface area contributed by atoms with E-state index in [0.29, 0.717) is 21.8 Å². The second-order valence-corrected chi connectivity index (χ2v) is 4.42. The van der Waals surface area contributed by atoms with E-state index in [2.05, 4.69) is 16.0 Å². The average Bonchev–Trinajstić information content (AvgIpc) is 2.36. The molecular formula is C11H14N4O2S. The van der Waals surface area contributed by atoms with Gasteiger partial charge in [-0.25, -0.2) is 0 Å². The number of thioether (sulfide) groups is 1. The van der Waals surface area contributed by atoms with E-state index >= 15 is 0 Å². The minimum Gasteiger partial charge on any atom is -0.481 e. The minimum absolute atomic E-state index is 0.395. The molecule has 1 heterocycles. The van der Waals surface area contributed by atoms with Gasteiger partial charge in [-0.2, -0.15) is 15.2 Å². The van der Waals surface area contributed by atoms with Crippen LogP contribution >= 0.6 is 11.8 Å². The fourth-order valence-electron chi connectivity index (χ4n) is 1.05. The van der Waals surface area contributed by atoms with Crippen molar-refractivity contribution in [1.82, 2.24) is 14.9 Å². The molecule has 1 aromatic rings. The molecule has 1 rings (SSSR count). The molecule has 0 fully saturated rings. The van der Waals surface area contributed by atoms with Crippen LogP contribution < -0.4 is 9.47 Å². The van der Waals surface area contributed by atoms with Crippen LogP contribution in [-0.2, 0) is 0 Å². The van der Waals surface area contributed by atoms with Crippen molar-refractivity contribution < 1.29 is 9.47 Å². The Balaban J connectivity index is 2.99. The third-order valence-electron chi connectivity index (χ3n) is 1.76. The van der Waals surface area contributed by atoms with Crippen molar-refractivity contribution in [3.8, 4) is 17.8 Å². The number of ether oxygens (including phenoxy) is 2. The Morgan fingerprint density at radius 3 is 2.28 bits per heavy atom. The maximum Gasteiger partial charge on any atom is 0.220 e. The molecule has 0 aliphatic heterocycles. The van der Waals surface area contributed by atoms with Crippen molar-refractivity contribution >= 4 is 11.8 Å². The zero-order chi connectivity index (χ0) is 13.5. The van der Waals surface area contributed by atoms with Gasteiger partial charge in [0, 0.05) is 20.3 Å². The van der Waals surface area contributed by atoms with E-state index < -0.39 is 0 Å². The van der Waals surface area contributed by atoms with E-state index in [1.807, 2.05) is 14.1 Å². The van der Waals surface area contributed by atoms with Gasteiger partial charge in [-0.1, -0.05) is 0 Å². The Bertz CT molecular complexity index is 460. The molecule has 0 aromatic carbocycles. The largest absolute Gasteiger partial charge is 0.481 e. The molecule has 0 saturated carbocycles. The predicted octanol–water partition coefficient (Wildman–Crippen LogP) is 1.51. The molecule has 96 valence electrons. The number of nitrogens with zero attached hydrogens (tertiary/aromatic N) is 4. The third kappa shape index (κ3) is 4.14. The molecule has 0 aliphatic carbocycles. The molecule has 18 heavy (non-hydrogen) atoms. The maximum absolute atomic E-state index is 9.01. The number of allylic oxidation sites excluding steroid dienone is 1. The van der Waals surface area contributed by atoms with Crippen LogP contribution in [0.2, 0.25) is 0 Å². The normalized spacial score (nSPS) is 10.7. The molecule has 6 nitrogen and oxygen atoms in total. The molecule has 0 aliphatic rings. The van der Waals surface area contributed by atoms with Crippen molar-refractivity contribution in [3.05, 3.63) is 17.2 Å². The van der Waals surface area contributed by atoms with E-state index in [-0.39, 0.29) is 0 Å². The lowest BCUT2D eigenvalue weighted by Crippen LogP contribution is -2.02. The number of hydrogen-bond acceptors (Lipinski definition) is 7. The van der Waals surface area contributed by atoms with Crippen molar-refractivity contribution in [1.29, 1.82) is 5.26 Å². The summed E-state index contributed by atoms with van der Waals surface area (Å²) in [5.74, 6) is 0.790. The molecule has 0 saturated heterocycles. The van der Waals surface area contributed by atoms with Gasteiger partial charge in [0.25, 0.3) is 0 Å². The van der Waals surface area contributed by atoms with Crippen LogP contribution in [0.15, 0.2) is 22.3 Å². The highest BCUT2D eigenvalue weighted by molar-refractivity contribution is 8.03. The summed E-state index contributed by atoms with van der Waals surface area (Å²) in [4.78, 5) is 10.5. The number of methoxy groups -OCH3 is 2. The second kappa shape index (κ2) is 6.71. The Labute approximate surface area is 110 Å². The van der Waals surface area contributed by atoms with Gasteiger partial charge in [-0.3, -0.25) is 0 Å². The van der Waals surface area contributed by atoms with Gasteiger partial charge in [0.15, 0.2) is 5.16 Å². The highest BCUT2D eigenvalue weighted by Crippen LogP contribution is 2.26. The molecule has 0 unspecified atom stereocenters. The van der Waals surface area contributed by atoms with Gasteiger partial charge >= 0.3 is 0 Å². The van der Waals surface area contributed by atoms with E-state index in [0.717, 1.165) is 11.8 Å². The van der Waals surface area contributed by atoms with Gasteiger partial charge in [0.1, 0.15) is 11.0 Å². The molecule has 0 spiro atoms. The Kier molecular flexibility index (Phi) is 5.27. The van der Waals surface area contributed by atoms with Crippen LogP contribution in [-0.4, -0.2) is 43.2 Å².